The molecule has 1 amide bonds. The van der Waals surface area contributed by atoms with Gasteiger partial charge < -0.3 is 14.8 Å². The smallest absolute Gasteiger partial charge is 0.238 e. The number of likely N-dealkylation sites (N-methyl/N-ethyl adjacent to an activating group) is 1. The first-order chi connectivity index (χ1) is 14.5. The number of methoxy groups -OCH3 is 2. The molecule has 3 aromatic rings. The van der Waals surface area contributed by atoms with Crippen LogP contribution in [-0.4, -0.2) is 38.6 Å². The number of halogens is 1. The van der Waals surface area contributed by atoms with Gasteiger partial charge >= 0.3 is 0 Å². The molecule has 156 valence electrons. The van der Waals surface area contributed by atoms with Crippen molar-refractivity contribution >= 4 is 11.6 Å². The van der Waals surface area contributed by atoms with Crippen molar-refractivity contribution in [3.63, 3.8) is 0 Å². The van der Waals surface area contributed by atoms with Crippen LogP contribution in [0.4, 0.5) is 10.1 Å². The van der Waals surface area contributed by atoms with Crippen LogP contribution < -0.4 is 14.8 Å². The zero-order valence-electron chi connectivity index (χ0n) is 17.3. The molecule has 30 heavy (non-hydrogen) atoms. The SMILES string of the molecule is COc1ccc(NC(=O)CN(C)C(c2ccccc2)c2ccc(F)cc2)c(OC)c1. The van der Waals surface area contributed by atoms with Crippen molar-refractivity contribution in [1.82, 2.24) is 4.90 Å². The number of carbonyl (C=O) groups excluding carboxylic acids is 1. The number of rotatable bonds is 8. The number of nitrogens with zero attached hydrogens (tertiary/aromatic N) is 1. The maximum atomic E-state index is 13.4. The molecule has 0 aliphatic heterocycles. The summed E-state index contributed by atoms with van der Waals surface area (Å²) < 4.78 is 24.0. The summed E-state index contributed by atoms with van der Waals surface area (Å²) >= 11 is 0. The first kappa shape index (κ1) is 21.3. The van der Waals surface area contributed by atoms with Gasteiger partial charge in [0, 0.05) is 6.07 Å². The van der Waals surface area contributed by atoms with E-state index in [9.17, 15) is 9.18 Å². The van der Waals surface area contributed by atoms with Gasteiger partial charge in [0.05, 0.1) is 32.5 Å². The number of hydrogen-bond acceptors (Lipinski definition) is 4. The molecule has 0 radical (unpaired) electrons. The highest BCUT2D eigenvalue weighted by atomic mass is 19.1. The lowest BCUT2D eigenvalue weighted by atomic mass is 9.97. The van der Waals surface area contributed by atoms with Crippen LogP contribution in [0.1, 0.15) is 17.2 Å². The van der Waals surface area contributed by atoms with Crippen LogP contribution in [0, 0.1) is 5.82 Å². The summed E-state index contributed by atoms with van der Waals surface area (Å²) in [5.41, 5.74) is 2.48. The van der Waals surface area contributed by atoms with Gasteiger partial charge in [0.1, 0.15) is 17.3 Å². The molecule has 6 heteroatoms. The van der Waals surface area contributed by atoms with E-state index in [2.05, 4.69) is 5.32 Å². The molecular weight excluding hydrogens is 383 g/mol. The number of hydrogen-bond donors (Lipinski definition) is 1. The normalized spacial score (nSPS) is 11.8. The average molecular weight is 408 g/mol. The standard InChI is InChI=1S/C24H25FN2O3/c1-27(16-23(28)26-21-14-13-20(29-2)15-22(21)30-3)24(17-7-5-4-6-8-17)18-9-11-19(25)12-10-18/h4-15,24H,16H2,1-3H3,(H,26,28). The first-order valence-electron chi connectivity index (χ1n) is 9.54. The van der Waals surface area contributed by atoms with Crippen molar-refractivity contribution in [2.45, 2.75) is 6.04 Å². The monoisotopic (exact) mass is 408 g/mol. The molecule has 1 unspecified atom stereocenters. The van der Waals surface area contributed by atoms with Gasteiger partial charge in [-0.2, -0.15) is 0 Å². The van der Waals surface area contributed by atoms with E-state index in [0.29, 0.717) is 17.2 Å². The fourth-order valence-corrected chi connectivity index (χ4v) is 3.39. The molecule has 3 rings (SSSR count). The molecule has 0 saturated heterocycles. The highest BCUT2D eigenvalue weighted by molar-refractivity contribution is 5.93. The van der Waals surface area contributed by atoms with E-state index in [1.807, 2.05) is 42.3 Å². The molecule has 0 heterocycles. The quantitative estimate of drug-likeness (QED) is 0.596. The molecule has 3 aromatic carbocycles. The van der Waals surface area contributed by atoms with E-state index in [0.717, 1.165) is 11.1 Å². The third kappa shape index (κ3) is 5.15. The van der Waals surface area contributed by atoms with Gasteiger partial charge in [-0.3, -0.25) is 9.69 Å². The van der Waals surface area contributed by atoms with Crippen molar-refractivity contribution in [1.29, 1.82) is 0 Å². The van der Waals surface area contributed by atoms with Crippen molar-refractivity contribution in [3.05, 3.63) is 89.7 Å². The highest BCUT2D eigenvalue weighted by Gasteiger charge is 2.22. The molecule has 0 aliphatic rings. The molecule has 0 fully saturated rings. The van der Waals surface area contributed by atoms with Crippen molar-refractivity contribution < 1.29 is 18.7 Å². The molecule has 0 bridgehead atoms. The van der Waals surface area contributed by atoms with Crippen LogP contribution in [-0.2, 0) is 4.79 Å². The minimum atomic E-state index is -0.294. The summed E-state index contributed by atoms with van der Waals surface area (Å²) in [7, 11) is 4.98. The molecule has 0 aliphatic carbocycles. The lowest BCUT2D eigenvalue weighted by molar-refractivity contribution is -0.117. The Labute approximate surface area is 176 Å². The van der Waals surface area contributed by atoms with Gasteiger partial charge in [-0.25, -0.2) is 4.39 Å². The third-order valence-corrected chi connectivity index (χ3v) is 4.82. The average Bonchev–Trinajstić information content (AvgIpc) is 2.76. The Morgan fingerprint density at radius 3 is 2.27 bits per heavy atom. The Hall–Kier alpha value is -3.38. The fourth-order valence-electron chi connectivity index (χ4n) is 3.39. The van der Waals surface area contributed by atoms with Crippen LogP contribution in [0.2, 0.25) is 0 Å². The van der Waals surface area contributed by atoms with Gasteiger partial charge in [0.25, 0.3) is 0 Å². The maximum absolute atomic E-state index is 13.4. The van der Waals surface area contributed by atoms with E-state index in [-0.39, 0.29) is 24.3 Å². The third-order valence-electron chi connectivity index (χ3n) is 4.82. The summed E-state index contributed by atoms with van der Waals surface area (Å²) in [4.78, 5) is 14.7. The van der Waals surface area contributed by atoms with Gasteiger partial charge in [-0.15, -0.1) is 0 Å². The number of ether oxygens (including phenoxy) is 2. The predicted molar refractivity (Wildman–Crippen MR) is 115 cm³/mol. The zero-order valence-corrected chi connectivity index (χ0v) is 17.3. The minimum absolute atomic E-state index is 0.131. The van der Waals surface area contributed by atoms with Crippen LogP contribution in [0.25, 0.3) is 0 Å². The Bertz CT molecular complexity index is 978. The largest absolute Gasteiger partial charge is 0.497 e. The molecule has 1 atom stereocenters. The second-order valence-electron chi connectivity index (χ2n) is 6.89. The second kappa shape index (κ2) is 9.89. The molecule has 0 aromatic heterocycles. The van der Waals surface area contributed by atoms with Crippen LogP contribution in [0.5, 0.6) is 11.5 Å². The number of benzene rings is 3. The van der Waals surface area contributed by atoms with Gasteiger partial charge in [-0.05, 0) is 42.4 Å². The minimum Gasteiger partial charge on any atom is -0.497 e. The lowest BCUT2D eigenvalue weighted by Gasteiger charge is -2.28. The summed E-state index contributed by atoms with van der Waals surface area (Å²) in [6.45, 7) is 0.131. The van der Waals surface area contributed by atoms with Gasteiger partial charge in [0.15, 0.2) is 0 Å². The van der Waals surface area contributed by atoms with Gasteiger partial charge in [0.2, 0.25) is 5.91 Å². The summed E-state index contributed by atoms with van der Waals surface area (Å²) in [5.74, 6) is 0.674. The maximum Gasteiger partial charge on any atom is 0.238 e. The molecule has 5 nitrogen and oxygen atoms in total. The van der Waals surface area contributed by atoms with Crippen LogP contribution >= 0.6 is 0 Å². The van der Waals surface area contributed by atoms with Crippen molar-refractivity contribution in [3.8, 4) is 11.5 Å². The fraction of sp³-hybridized carbons (Fsp3) is 0.208. The number of nitrogens with one attached hydrogen (secondary N) is 1. The Morgan fingerprint density at radius 1 is 0.967 bits per heavy atom. The summed E-state index contributed by atoms with van der Waals surface area (Å²) in [5, 5.41) is 2.89. The summed E-state index contributed by atoms with van der Waals surface area (Å²) in [6, 6.07) is 21.2. The van der Waals surface area contributed by atoms with E-state index in [1.54, 1.807) is 37.4 Å². The van der Waals surface area contributed by atoms with Crippen molar-refractivity contribution in [2.24, 2.45) is 0 Å². The second-order valence-corrected chi connectivity index (χ2v) is 6.89. The van der Waals surface area contributed by atoms with Crippen LogP contribution in [0.15, 0.2) is 72.8 Å². The van der Waals surface area contributed by atoms with Gasteiger partial charge in [-0.1, -0.05) is 42.5 Å². The van der Waals surface area contributed by atoms with Crippen LogP contribution in [0.3, 0.4) is 0 Å². The van der Waals surface area contributed by atoms with Crippen molar-refractivity contribution in [2.75, 3.05) is 33.1 Å². The molecule has 0 spiro atoms. The first-order valence-corrected chi connectivity index (χ1v) is 9.54. The number of amides is 1. The molecule has 1 N–H and O–H groups in total. The Morgan fingerprint density at radius 2 is 1.63 bits per heavy atom. The summed E-state index contributed by atoms with van der Waals surface area (Å²) in [6.07, 6.45) is 0. The van der Waals surface area contributed by atoms with E-state index in [4.69, 9.17) is 9.47 Å². The zero-order chi connectivity index (χ0) is 21.5. The molecular formula is C24H25FN2O3. The number of carbonyl (C=O) groups is 1. The predicted octanol–water partition coefficient (Wildman–Crippen LogP) is 4.50. The lowest BCUT2D eigenvalue weighted by Crippen LogP contribution is -2.34. The van der Waals surface area contributed by atoms with E-state index >= 15 is 0 Å². The Balaban J connectivity index is 1.79. The van der Waals surface area contributed by atoms with E-state index < -0.39 is 0 Å². The number of anilines is 1. The highest BCUT2D eigenvalue weighted by Crippen LogP contribution is 2.30. The Kier molecular flexibility index (Phi) is 7.03. The topological polar surface area (TPSA) is 50.8 Å². The molecule has 0 saturated carbocycles. The van der Waals surface area contributed by atoms with E-state index in [1.165, 1.54) is 19.2 Å².